The summed E-state index contributed by atoms with van der Waals surface area (Å²) in [4.78, 5) is 13.1. The molecule has 0 aliphatic carbocycles. The third-order valence-electron chi connectivity index (χ3n) is 2.55. The van der Waals surface area contributed by atoms with Crippen LogP contribution in [0.4, 0.5) is 4.39 Å². The molecular weight excluding hydrogens is 235 g/mol. The van der Waals surface area contributed by atoms with E-state index >= 15 is 0 Å². The number of likely N-dealkylation sites (N-methyl/N-ethyl adjacent to an activating group) is 1. The van der Waals surface area contributed by atoms with E-state index in [4.69, 9.17) is 10.5 Å². The Hall–Kier alpha value is -1.62. The fourth-order valence-corrected chi connectivity index (χ4v) is 1.59. The maximum absolute atomic E-state index is 13.1. The van der Waals surface area contributed by atoms with Crippen molar-refractivity contribution in [3.63, 3.8) is 0 Å². The first kappa shape index (κ1) is 14.4. The normalized spacial score (nSPS) is 13.9. The van der Waals surface area contributed by atoms with Crippen molar-refractivity contribution < 1.29 is 13.9 Å². The molecule has 0 radical (unpaired) electrons. The van der Waals surface area contributed by atoms with Gasteiger partial charge < -0.3 is 15.4 Å². The van der Waals surface area contributed by atoms with E-state index in [0.717, 1.165) is 0 Å². The van der Waals surface area contributed by atoms with Crippen LogP contribution in [0.5, 0.6) is 5.75 Å². The maximum Gasteiger partial charge on any atom is 0.262 e. The number of benzene rings is 1. The molecule has 1 aromatic rings. The SMILES string of the molecule is CC(Oc1ccc(F)cc1[C@@H](C)N)C(=O)N(C)C. The number of rotatable bonds is 4. The zero-order chi connectivity index (χ0) is 13.9. The van der Waals surface area contributed by atoms with Crippen LogP contribution in [-0.2, 0) is 4.79 Å². The van der Waals surface area contributed by atoms with Crippen molar-refractivity contribution in [1.29, 1.82) is 0 Å². The molecule has 100 valence electrons. The van der Waals surface area contributed by atoms with E-state index in [1.165, 1.54) is 23.1 Å². The lowest BCUT2D eigenvalue weighted by atomic mass is 10.1. The van der Waals surface area contributed by atoms with Crippen LogP contribution >= 0.6 is 0 Å². The molecule has 0 saturated heterocycles. The van der Waals surface area contributed by atoms with Crippen molar-refractivity contribution in [3.05, 3.63) is 29.6 Å². The summed E-state index contributed by atoms with van der Waals surface area (Å²) in [6.07, 6.45) is -0.636. The molecule has 0 aliphatic rings. The number of hydrogen-bond donors (Lipinski definition) is 1. The lowest BCUT2D eigenvalue weighted by Gasteiger charge is -2.21. The van der Waals surface area contributed by atoms with Crippen LogP contribution in [0.3, 0.4) is 0 Å². The number of nitrogens with zero attached hydrogens (tertiary/aromatic N) is 1. The summed E-state index contributed by atoms with van der Waals surface area (Å²) in [7, 11) is 3.30. The highest BCUT2D eigenvalue weighted by atomic mass is 19.1. The quantitative estimate of drug-likeness (QED) is 0.889. The van der Waals surface area contributed by atoms with Gasteiger partial charge in [-0.05, 0) is 32.0 Å². The smallest absolute Gasteiger partial charge is 0.262 e. The minimum Gasteiger partial charge on any atom is -0.481 e. The molecule has 1 amide bonds. The zero-order valence-electron chi connectivity index (χ0n) is 11.1. The second-order valence-corrected chi connectivity index (χ2v) is 4.46. The summed E-state index contributed by atoms with van der Waals surface area (Å²) in [5, 5.41) is 0. The first-order valence-electron chi connectivity index (χ1n) is 5.75. The topological polar surface area (TPSA) is 55.6 Å². The minimum absolute atomic E-state index is 0.157. The van der Waals surface area contributed by atoms with Gasteiger partial charge in [-0.2, -0.15) is 0 Å². The molecule has 1 rings (SSSR count). The molecular formula is C13H19FN2O2. The molecule has 1 unspecified atom stereocenters. The summed E-state index contributed by atoms with van der Waals surface area (Å²) >= 11 is 0. The average molecular weight is 254 g/mol. The molecule has 0 spiro atoms. The molecule has 2 atom stereocenters. The molecule has 0 saturated carbocycles. The Morgan fingerprint density at radius 2 is 2.00 bits per heavy atom. The van der Waals surface area contributed by atoms with E-state index < -0.39 is 6.10 Å². The highest BCUT2D eigenvalue weighted by molar-refractivity contribution is 5.80. The van der Waals surface area contributed by atoms with Crippen molar-refractivity contribution in [2.45, 2.75) is 26.0 Å². The van der Waals surface area contributed by atoms with Crippen LogP contribution < -0.4 is 10.5 Å². The summed E-state index contributed by atoms with van der Waals surface area (Å²) in [6, 6.07) is 3.74. The Kier molecular flexibility index (Phi) is 4.67. The van der Waals surface area contributed by atoms with E-state index in [9.17, 15) is 9.18 Å². The van der Waals surface area contributed by atoms with Gasteiger partial charge in [-0.15, -0.1) is 0 Å². The molecule has 2 N–H and O–H groups in total. The van der Waals surface area contributed by atoms with E-state index in [2.05, 4.69) is 0 Å². The summed E-state index contributed by atoms with van der Waals surface area (Å²) in [5.41, 5.74) is 6.30. The van der Waals surface area contributed by atoms with Crippen LogP contribution in [0.2, 0.25) is 0 Å². The van der Waals surface area contributed by atoms with Gasteiger partial charge in [0.05, 0.1) is 0 Å². The maximum atomic E-state index is 13.1. The highest BCUT2D eigenvalue weighted by Gasteiger charge is 2.19. The Bertz CT molecular complexity index is 433. The first-order chi connectivity index (χ1) is 8.32. The second-order valence-electron chi connectivity index (χ2n) is 4.46. The van der Waals surface area contributed by atoms with Gasteiger partial charge in [0.2, 0.25) is 0 Å². The number of carbonyl (C=O) groups is 1. The Balaban J connectivity index is 2.94. The van der Waals surface area contributed by atoms with Gasteiger partial charge in [0.15, 0.2) is 6.10 Å². The van der Waals surface area contributed by atoms with Crippen molar-refractivity contribution in [2.24, 2.45) is 5.73 Å². The van der Waals surface area contributed by atoms with Crippen LogP contribution in [0.25, 0.3) is 0 Å². The summed E-state index contributed by atoms with van der Waals surface area (Å²) < 4.78 is 18.7. The van der Waals surface area contributed by atoms with Gasteiger partial charge in [-0.25, -0.2) is 4.39 Å². The third kappa shape index (κ3) is 3.43. The molecule has 18 heavy (non-hydrogen) atoms. The molecule has 1 aromatic carbocycles. The van der Waals surface area contributed by atoms with E-state index in [1.807, 2.05) is 0 Å². The molecule has 0 fully saturated rings. The summed E-state index contributed by atoms with van der Waals surface area (Å²) in [6.45, 7) is 3.39. The molecule has 0 aliphatic heterocycles. The van der Waals surface area contributed by atoms with Crippen LogP contribution in [-0.4, -0.2) is 31.0 Å². The minimum atomic E-state index is -0.636. The Morgan fingerprint density at radius 3 is 2.50 bits per heavy atom. The monoisotopic (exact) mass is 254 g/mol. The Labute approximate surface area is 107 Å². The molecule has 0 bridgehead atoms. The number of carbonyl (C=O) groups excluding carboxylic acids is 1. The lowest BCUT2D eigenvalue weighted by Crippen LogP contribution is -2.35. The van der Waals surface area contributed by atoms with E-state index in [-0.39, 0.29) is 17.8 Å². The van der Waals surface area contributed by atoms with Crippen molar-refractivity contribution in [1.82, 2.24) is 4.90 Å². The van der Waals surface area contributed by atoms with Gasteiger partial charge >= 0.3 is 0 Å². The number of amides is 1. The Morgan fingerprint density at radius 1 is 1.39 bits per heavy atom. The zero-order valence-corrected chi connectivity index (χ0v) is 11.1. The van der Waals surface area contributed by atoms with Crippen molar-refractivity contribution in [3.8, 4) is 5.75 Å². The van der Waals surface area contributed by atoms with Crippen LogP contribution in [0, 0.1) is 5.82 Å². The molecule has 4 nitrogen and oxygen atoms in total. The average Bonchev–Trinajstić information content (AvgIpc) is 2.29. The first-order valence-corrected chi connectivity index (χ1v) is 5.75. The molecule has 0 heterocycles. The second kappa shape index (κ2) is 5.82. The van der Waals surface area contributed by atoms with Crippen molar-refractivity contribution in [2.75, 3.05) is 14.1 Å². The standard InChI is InChI=1S/C13H19FN2O2/c1-8(15)11-7-10(14)5-6-12(11)18-9(2)13(17)16(3)4/h5-9H,15H2,1-4H3/t8-,9?/m1/s1. The molecule has 0 aromatic heterocycles. The molecule has 5 heteroatoms. The fraction of sp³-hybridized carbons (Fsp3) is 0.462. The van der Waals surface area contributed by atoms with Gasteiger partial charge in [-0.3, -0.25) is 4.79 Å². The number of ether oxygens (including phenoxy) is 1. The number of hydrogen-bond acceptors (Lipinski definition) is 3. The van der Waals surface area contributed by atoms with Gasteiger partial charge in [0.25, 0.3) is 5.91 Å². The third-order valence-corrected chi connectivity index (χ3v) is 2.55. The van der Waals surface area contributed by atoms with E-state index in [0.29, 0.717) is 11.3 Å². The van der Waals surface area contributed by atoms with E-state index in [1.54, 1.807) is 27.9 Å². The van der Waals surface area contributed by atoms with Crippen LogP contribution in [0.15, 0.2) is 18.2 Å². The predicted octanol–water partition coefficient (Wildman–Crippen LogP) is 1.70. The fourth-order valence-electron chi connectivity index (χ4n) is 1.59. The lowest BCUT2D eigenvalue weighted by molar-refractivity contribution is -0.135. The number of nitrogens with two attached hydrogens (primary N) is 1. The van der Waals surface area contributed by atoms with Crippen LogP contribution in [0.1, 0.15) is 25.5 Å². The highest BCUT2D eigenvalue weighted by Crippen LogP contribution is 2.25. The van der Waals surface area contributed by atoms with Gasteiger partial charge in [0, 0.05) is 25.7 Å². The van der Waals surface area contributed by atoms with Gasteiger partial charge in [0.1, 0.15) is 11.6 Å². The van der Waals surface area contributed by atoms with Gasteiger partial charge in [-0.1, -0.05) is 0 Å². The number of halogens is 1. The largest absolute Gasteiger partial charge is 0.481 e. The predicted molar refractivity (Wildman–Crippen MR) is 67.8 cm³/mol. The summed E-state index contributed by atoms with van der Waals surface area (Å²) in [5.74, 6) is -0.0923. The van der Waals surface area contributed by atoms with Crippen molar-refractivity contribution >= 4 is 5.91 Å².